The van der Waals surface area contributed by atoms with Crippen LogP contribution in [-0.2, 0) is 9.53 Å². The quantitative estimate of drug-likeness (QED) is 0.830. The van der Waals surface area contributed by atoms with E-state index >= 15 is 0 Å². The Hall–Kier alpha value is -0.870. The van der Waals surface area contributed by atoms with Crippen molar-refractivity contribution in [3.8, 4) is 0 Å². The highest BCUT2D eigenvalue weighted by molar-refractivity contribution is 7.10. The van der Waals surface area contributed by atoms with Crippen molar-refractivity contribution in [3.63, 3.8) is 0 Å². The number of hydrogen-bond donors (Lipinski definition) is 1. The van der Waals surface area contributed by atoms with Crippen LogP contribution >= 0.6 is 11.3 Å². The first-order chi connectivity index (χ1) is 9.91. The van der Waals surface area contributed by atoms with E-state index in [-0.39, 0.29) is 12.0 Å². The molecule has 0 saturated heterocycles. The zero-order valence-electron chi connectivity index (χ0n) is 13.5. The van der Waals surface area contributed by atoms with E-state index in [2.05, 4.69) is 37.5 Å². The molecule has 1 aromatic rings. The van der Waals surface area contributed by atoms with E-state index in [1.807, 2.05) is 6.07 Å². The molecule has 1 aliphatic carbocycles. The first kappa shape index (κ1) is 16.5. The second kappa shape index (κ2) is 6.93. The van der Waals surface area contributed by atoms with Gasteiger partial charge in [-0.3, -0.25) is 4.79 Å². The number of methoxy groups -OCH3 is 1. The molecule has 0 spiro atoms. The van der Waals surface area contributed by atoms with Gasteiger partial charge in [-0.05, 0) is 42.0 Å². The molecule has 118 valence electrons. The van der Waals surface area contributed by atoms with E-state index < -0.39 is 0 Å². The lowest BCUT2D eigenvalue weighted by Gasteiger charge is -2.41. The zero-order valence-corrected chi connectivity index (χ0v) is 14.3. The van der Waals surface area contributed by atoms with Crippen LogP contribution in [0.15, 0.2) is 17.5 Å². The van der Waals surface area contributed by atoms with Crippen molar-refractivity contribution < 1.29 is 9.53 Å². The summed E-state index contributed by atoms with van der Waals surface area (Å²) in [7, 11) is 1.46. The summed E-state index contributed by atoms with van der Waals surface area (Å²) in [6, 6.07) is 4.70. The molecule has 2 rings (SSSR count). The highest BCUT2D eigenvalue weighted by Gasteiger charge is 2.34. The van der Waals surface area contributed by atoms with Gasteiger partial charge in [0, 0.05) is 10.9 Å². The Balaban J connectivity index is 2.03. The number of esters is 1. The van der Waals surface area contributed by atoms with Gasteiger partial charge in [-0.25, -0.2) is 0 Å². The minimum Gasteiger partial charge on any atom is -0.469 e. The van der Waals surface area contributed by atoms with Crippen molar-refractivity contribution in [1.29, 1.82) is 0 Å². The number of ether oxygens (including phenoxy) is 1. The van der Waals surface area contributed by atoms with Gasteiger partial charge in [0.25, 0.3) is 0 Å². The van der Waals surface area contributed by atoms with E-state index in [0.29, 0.717) is 23.8 Å². The fourth-order valence-electron chi connectivity index (χ4n) is 3.43. The Morgan fingerprint density at radius 2 is 2.33 bits per heavy atom. The number of carbonyl (C=O) groups excluding carboxylic acids is 1. The van der Waals surface area contributed by atoms with Gasteiger partial charge in [0.1, 0.15) is 0 Å². The van der Waals surface area contributed by atoms with Gasteiger partial charge in [-0.1, -0.05) is 26.8 Å². The molecule has 21 heavy (non-hydrogen) atoms. The van der Waals surface area contributed by atoms with Crippen LogP contribution in [0, 0.1) is 11.3 Å². The third kappa shape index (κ3) is 4.55. The first-order valence-electron chi connectivity index (χ1n) is 7.77. The van der Waals surface area contributed by atoms with E-state index in [1.54, 1.807) is 11.3 Å². The van der Waals surface area contributed by atoms with Crippen molar-refractivity contribution >= 4 is 17.3 Å². The van der Waals surface area contributed by atoms with Crippen LogP contribution in [0.4, 0.5) is 0 Å². The monoisotopic (exact) mass is 309 g/mol. The topological polar surface area (TPSA) is 38.3 Å². The Kier molecular flexibility index (Phi) is 5.44. The van der Waals surface area contributed by atoms with E-state index in [4.69, 9.17) is 4.74 Å². The molecule has 3 atom stereocenters. The molecule has 1 aromatic heterocycles. The maximum atomic E-state index is 11.7. The minimum atomic E-state index is -0.148. The smallest absolute Gasteiger partial charge is 0.307 e. The van der Waals surface area contributed by atoms with Crippen LogP contribution in [-0.4, -0.2) is 19.1 Å². The SMILES string of the molecule is COC(=O)CC(NC1CCC(C)(C)CC1C)c1cccs1. The molecule has 0 aliphatic heterocycles. The summed E-state index contributed by atoms with van der Waals surface area (Å²) in [4.78, 5) is 12.9. The van der Waals surface area contributed by atoms with Crippen LogP contribution in [0.5, 0.6) is 0 Å². The summed E-state index contributed by atoms with van der Waals surface area (Å²) in [5.41, 5.74) is 0.443. The Bertz CT molecular complexity index is 455. The number of rotatable bonds is 5. The second-order valence-corrected chi connectivity index (χ2v) is 7.98. The molecule has 1 N–H and O–H groups in total. The first-order valence-corrected chi connectivity index (χ1v) is 8.65. The van der Waals surface area contributed by atoms with Crippen molar-refractivity contribution in [1.82, 2.24) is 5.32 Å². The molecule has 0 bridgehead atoms. The fourth-order valence-corrected chi connectivity index (χ4v) is 4.22. The highest BCUT2D eigenvalue weighted by Crippen LogP contribution is 2.39. The average molecular weight is 309 g/mol. The number of hydrogen-bond acceptors (Lipinski definition) is 4. The Morgan fingerprint density at radius 3 is 2.90 bits per heavy atom. The van der Waals surface area contributed by atoms with Gasteiger partial charge in [0.05, 0.1) is 19.6 Å². The molecule has 1 saturated carbocycles. The van der Waals surface area contributed by atoms with Crippen molar-refractivity contribution in [3.05, 3.63) is 22.4 Å². The summed E-state index contributed by atoms with van der Waals surface area (Å²) >= 11 is 1.70. The summed E-state index contributed by atoms with van der Waals surface area (Å²) in [6.45, 7) is 7.03. The third-order valence-electron chi connectivity index (χ3n) is 4.59. The van der Waals surface area contributed by atoms with Gasteiger partial charge in [0.15, 0.2) is 0 Å². The van der Waals surface area contributed by atoms with Gasteiger partial charge < -0.3 is 10.1 Å². The molecule has 1 aliphatic rings. The van der Waals surface area contributed by atoms with Gasteiger partial charge in [-0.15, -0.1) is 11.3 Å². The summed E-state index contributed by atoms with van der Waals surface area (Å²) in [5, 5.41) is 5.78. The van der Waals surface area contributed by atoms with E-state index in [1.165, 1.54) is 31.2 Å². The van der Waals surface area contributed by atoms with E-state index in [0.717, 1.165) is 0 Å². The summed E-state index contributed by atoms with van der Waals surface area (Å²) in [5.74, 6) is 0.485. The van der Waals surface area contributed by atoms with Gasteiger partial charge in [-0.2, -0.15) is 0 Å². The lowest BCUT2D eigenvalue weighted by atomic mass is 9.70. The summed E-state index contributed by atoms with van der Waals surface area (Å²) in [6.07, 6.45) is 4.06. The van der Waals surface area contributed by atoms with Crippen molar-refractivity contribution in [2.75, 3.05) is 7.11 Å². The maximum Gasteiger partial charge on any atom is 0.307 e. The second-order valence-electron chi connectivity index (χ2n) is 7.01. The summed E-state index contributed by atoms with van der Waals surface area (Å²) < 4.78 is 4.85. The number of thiophene rings is 1. The van der Waals surface area contributed by atoms with Gasteiger partial charge in [0.2, 0.25) is 0 Å². The molecule has 3 unspecified atom stereocenters. The van der Waals surface area contributed by atoms with E-state index in [9.17, 15) is 4.79 Å². The number of nitrogens with one attached hydrogen (secondary N) is 1. The lowest BCUT2D eigenvalue weighted by molar-refractivity contribution is -0.141. The number of carbonyl (C=O) groups is 1. The molecule has 3 nitrogen and oxygen atoms in total. The molecule has 1 heterocycles. The van der Waals surface area contributed by atoms with Crippen LogP contribution in [0.1, 0.15) is 57.4 Å². The standard InChI is InChI=1S/C17H27NO2S/c1-12-11-17(2,3)8-7-13(12)18-14(10-16(19)20-4)15-6-5-9-21-15/h5-6,9,12-14,18H,7-8,10-11H2,1-4H3. The average Bonchev–Trinajstić information content (AvgIpc) is 2.94. The normalized spacial score (nSPS) is 26.3. The predicted octanol–water partition coefficient (Wildman–Crippen LogP) is 4.16. The van der Waals surface area contributed by atoms with Crippen LogP contribution < -0.4 is 5.32 Å². The van der Waals surface area contributed by atoms with Crippen molar-refractivity contribution in [2.45, 2.75) is 58.5 Å². The third-order valence-corrected chi connectivity index (χ3v) is 5.58. The molecule has 4 heteroatoms. The fraction of sp³-hybridized carbons (Fsp3) is 0.706. The van der Waals surface area contributed by atoms with Crippen molar-refractivity contribution in [2.24, 2.45) is 11.3 Å². The minimum absolute atomic E-state index is 0.0751. The molecule has 0 radical (unpaired) electrons. The Labute approximate surface area is 132 Å². The van der Waals surface area contributed by atoms with Crippen LogP contribution in [0.2, 0.25) is 0 Å². The van der Waals surface area contributed by atoms with Crippen LogP contribution in [0.25, 0.3) is 0 Å². The largest absolute Gasteiger partial charge is 0.469 e. The molecular formula is C17H27NO2S. The zero-order chi connectivity index (χ0) is 15.5. The van der Waals surface area contributed by atoms with Gasteiger partial charge >= 0.3 is 5.97 Å². The molecule has 0 amide bonds. The maximum absolute atomic E-state index is 11.7. The molecule has 1 fully saturated rings. The Morgan fingerprint density at radius 1 is 1.57 bits per heavy atom. The lowest BCUT2D eigenvalue weighted by Crippen LogP contribution is -2.43. The molecule has 0 aromatic carbocycles. The molecular weight excluding hydrogens is 282 g/mol. The highest BCUT2D eigenvalue weighted by atomic mass is 32.1. The van der Waals surface area contributed by atoms with Crippen LogP contribution in [0.3, 0.4) is 0 Å². The predicted molar refractivity (Wildman–Crippen MR) is 87.4 cm³/mol.